The number of carbonyl (C=O) groups excluding carboxylic acids is 1. The Morgan fingerprint density at radius 2 is 1.73 bits per heavy atom. The van der Waals surface area contributed by atoms with Crippen LogP contribution in [-0.2, 0) is 4.79 Å². The number of para-hydroxylation sites is 1. The summed E-state index contributed by atoms with van der Waals surface area (Å²) in [5.41, 5.74) is 7.87. The van der Waals surface area contributed by atoms with Crippen molar-refractivity contribution in [2.75, 3.05) is 25.0 Å². The van der Waals surface area contributed by atoms with Crippen LogP contribution in [0.15, 0.2) is 47.6 Å². The molecule has 6 nitrogen and oxygen atoms in total. The minimum absolute atomic E-state index is 0.0448. The SMILES string of the molecule is C/C(=N/NC(=S)Nc1c(C)cccc1C)c1ccc(OCC(=O)N2CCCC2)cc1. The number of amides is 1. The number of nitrogens with zero attached hydrogens (tertiary/aromatic N) is 2. The first-order valence-electron chi connectivity index (χ1n) is 10.1. The number of aryl methyl sites for hydroxylation is 2. The molecule has 0 unspecified atom stereocenters. The maximum atomic E-state index is 12.1. The Balaban J connectivity index is 1.52. The van der Waals surface area contributed by atoms with E-state index in [9.17, 15) is 4.79 Å². The zero-order valence-corrected chi connectivity index (χ0v) is 18.5. The van der Waals surface area contributed by atoms with Crippen molar-refractivity contribution >= 4 is 34.6 Å². The van der Waals surface area contributed by atoms with Gasteiger partial charge in [0, 0.05) is 18.8 Å². The summed E-state index contributed by atoms with van der Waals surface area (Å²) in [6, 6.07) is 13.6. The molecule has 2 N–H and O–H groups in total. The topological polar surface area (TPSA) is 66.0 Å². The molecule has 0 bridgehead atoms. The number of hydrogen-bond acceptors (Lipinski definition) is 4. The summed E-state index contributed by atoms with van der Waals surface area (Å²) in [6.07, 6.45) is 2.16. The number of hydrogen-bond donors (Lipinski definition) is 2. The molecule has 1 amide bonds. The summed E-state index contributed by atoms with van der Waals surface area (Å²) >= 11 is 5.36. The van der Waals surface area contributed by atoms with Crippen LogP contribution < -0.4 is 15.5 Å². The Labute approximate surface area is 183 Å². The summed E-state index contributed by atoms with van der Waals surface area (Å²) in [6.45, 7) is 7.73. The van der Waals surface area contributed by atoms with Crippen molar-refractivity contribution in [1.29, 1.82) is 0 Å². The van der Waals surface area contributed by atoms with Gasteiger partial charge in [0.05, 0.1) is 5.71 Å². The van der Waals surface area contributed by atoms with Crippen LogP contribution in [0.5, 0.6) is 5.75 Å². The van der Waals surface area contributed by atoms with Gasteiger partial charge in [-0.1, -0.05) is 18.2 Å². The van der Waals surface area contributed by atoms with E-state index in [0.717, 1.165) is 54.0 Å². The summed E-state index contributed by atoms with van der Waals surface area (Å²) in [5, 5.41) is 8.01. The van der Waals surface area contributed by atoms with Gasteiger partial charge in [0.15, 0.2) is 11.7 Å². The largest absolute Gasteiger partial charge is 0.484 e. The third-order valence-corrected chi connectivity index (χ3v) is 5.33. The van der Waals surface area contributed by atoms with Crippen molar-refractivity contribution in [3.05, 3.63) is 59.2 Å². The lowest BCUT2D eigenvalue weighted by molar-refractivity contribution is -0.132. The minimum Gasteiger partial charge on any atom is -0.484 e. The summed E-state index contributed by atoms with van der Waals surface area (Å²) in [7, 11) is 0. The van der Waals surface area contributed by atoms with Crippen molar-refractivity contribution in [2.24, 2.45) is 5.10 Å². The summed E-state index contributed by atoms with van der Waals surface area (Å²) in [4.78, 5) is 13.9. The van der Waals surface area contributed by atoms with Crippen LogP contribution in [0.25, 0.3) is 0 Å². The molecule has 2 aromatic rings. The quantitative estimate of drug-likeness (QED) is 0.417. The highest BCUT2D eigenvalue weighted by atomic mass is 32.1. The third kappa shape index (κ3) is 5.79. The predicted molar refractivity (Wildman–Crippen MR) is 125 cm³/mol. The first-order chi connectivity index (χ1) is 14.4. The monoisotopic (exact) mass is 424 g/mol. The van der Waals surface area contributed by atoms with Crippen molar-refractivity contribution in [3.63, 3.8) is 0 Å². The molecule has 0 spiro atoms. The average molecular weight is 425 g/mol. The normalized spacial score (nSPS) is 13.8. The van der Waals surface area contributed by atoms with E-state index < -0.39 is 0 Å². The van der Waals surface area contributed by atoms with E-state index in [1.54, 1.807) is 0 Å². The predicted octanol–water partition coefficient (Wildman–Crippen LogP) is 4.02. The molecule has 1 heterocycles. The number of likely N-dealkylation sites (tertiary alicyclic amines) is 1. The minimum atomic E-state index is 0.0448. The van der Waals surface area contributed by atoms with E-state index in [-0.39, 0.29) is 12.5 Å². The third-order valence-electron chi connectivity index (χ3n) is 5.14. The second kappa shape index (κ2) is 10.2. The van der Waals surface area contributed by atoms with Gasteiger partial charge in [-0.25, -0.2) is 0 Å². The molecule has 0 atom stereocenters. The van der Waals surface area contributed by atoms with Crippen molar-refractivity contribution in [1.82, 2.24) is 10.3 Å². The van der Waals surface area contributed by atoms with Crippen LogP contribution >= 0.6 is 12.2 Å². The molecule has 1 aliphatic rings. The lowest BCUT2D eigenvalue weighted by Gasteiger charge is -2.15. The average Bonchev–Trinajstić information content (AvgIpc) is 3.28. The molecule has 30 heavy (non-hydrogen) atoms. The molecule has 3 rings (SSSR count). The molecule has 0 aliphatic carbocycles. The Morgan fingerprint density at radius 1 is 1.10 bits per heavy atom. The molecular formula is C23H28N4O2S. The van der Waals surface area contributed by atoms with Gasteiger partial charge >= 0.3 is 0 Å². The number of carbonyl (C=O) groups is 1. The molecule has 0 radical (unpaired) electrons. The Morgan fingerprint density at radius 3 is 2.37 bits per heavy atom. The van der Waals surface area contributed by atoms with Crippen LogP contribution in [-0.4, -0.2) is 41.3 Å². The number of rotatable bonds is 6. The van der Waals surface area contributed by atoms with Crippen molar-refractivity contribution in [3.8, 4) is 5.75 Å². The zero-order chi connectivity index (χ0) is 21.5. The summed E-state index contributed by atoms with van der Waals surface area (Å²) in [5.74, 6) is 0.711. The highest BCUT2D eigenvalue weighted by Crippen LogP contribution is 2.19. The highest BCUT2D eigenvalue weighted by molar-refractivity contribution is 7.80. The second-order valence-electron chi connectivity index (χ2n) is 7.43. The Bertz CT molecular complexity index is 914. The van der Waals surface area contributed by atoms with E-state index in [0.29, 0.717) is 10.9 Å². The Kier molecular flexibility index (Phi) is 7.41. The number of nitrogens with one attached hydrogen (secondary N) is 2. The van der Waals surface area contributed by atoms with Crippen LogP contribution in [0.1, 0.15) is 36.5 Å². The molecule has 7 heteroatoms. The zero-order valence-electron chi connectivity index (χ0n) is 17.7. The van der Waals surface area contributed by atoms with E-state index in [1.807, 2.05) is 68.1 Å². The maximum absolute atomic E-state index is 12.1. The highest BCUT2D eigenvalue weighted by Gasteiger charge is 2.18. The lowest BCUT2D eigenvalue weighted by Crippen LogP contribution is -2.32. The molecule has 2 aromatic carbocycles. The van der Waals surface area contributed by atoms with Crippen LogP contribution in [0.4, 0.5) is 5.69 Å². The number of ether oxygens (including phenoxy) is 1. The van der Waals surface area contributed by atoms with Gasteiger partial charge in [-0.3, -0.25) is 10.2 Å². The molecule has 0 saturated carbocycles. The van der Waals surface area contributed by atoms with E-state index in [1.165, 1.54) is 0 Å². The van der Waals surface area contributed by atoms with E-state index >= 15 is 0 Å². The maximum Gasteiger partial charge on any atom is 0.260 e. The van der Waals surface area contributed by atoms with Crippen LogP contribution in [0.3, 0.4) is 0 Å². The molecule has 158 valence electrons. The number of thiocarbonyl (C=S) groups is 1. The molecule has 1 saturated heterocycles. The van der Waals surface area contributed by atoms with E-state index in [2.05, 4.69) is 15.8 Å². The molecule has 1 aliphatic heterocycles. The fraction of sp³-hybridized carbons (Fsp3) is 0.348. The van der Waals surface area contributed by atoms with Gasteiger partial charge in [-0.2, -0.15) is 5.10 Å². The molecule has 1 fully saturated rings. The number of benzene rings is 2. The van der Waals surface area contributed by atoms with Gasteiger partial charge in [0.25, 0.3) is 5.91 Å². The van der Waals surface area contributed by atoms with Gasteiger partial charge in [-0.15, -0.1) is 0 Å². The van der Waals surface area contributed by atoms with Gasteiger partial charge in [-0.05, 0) is 86.8 Å². The fourth-order valence-corrected chi connectivity index (χ4v) is 3.50. The smallest absolute Gasteiger partial charge is 0.260 e. The first kappa shape index (κ1) is 21.8. The first-order valence-corrected chi connectivity index (χ1v) is 10.5. The van der Waals surface area contributed by atoms with Gasteiger partial charge in [0.2, 0.25) is 0 Å². The summed E-state index contributed by atoms with van der Waals surface area (Å²) < 4.78 is 5.62. The van der Waals surface area contributed by atoms with Gasteiger partial charge < -0.3 is 15.0 Å². The number of anilines is 1. The standard InChI is InChI=1S/C23H28N4O2S/c1-16-7-6-8-17(2)22(16)24-23(30)26-25-18(3)19-9-11-20(12-10-19)29-15-21(28)27-13-4-5-14-27/h6-12H,4-5,13-15H2,1-3H3,(H2,24,26,30)/b25-18-. The van der Waals surface area contributed by atoms with Gasteiger partial charge in [0.1, 0.15) is 5.75 Å². The molecule has 0 aromatic heterocycles. The Hall–Kier alpha value is -2.93. The second-order valence-corrected chi connectivity index (χ2v) is 7.84. The van der Waals surface area contributed by atoms with E-state index in [4.69, 9.17) is 17.0 Å². The van der Waals surface area contributed by atoms with Crippen LogP contribution in [0, 0.1) is 13.8 Å². The fourth-order valence-electron chi connectivity index (χ4n) is 3.35. The van der Waals surface area contributed by atoms with Crippen molar-refractivity contribution < 1.29 is 9.53 Å². The number of hydrazone groups is 1. The molecular weight excluding hydrogens is 396 g/mol. The lowest BCUT2D eigenvalue weighted by atomic mass is 10.1. The van der Waals surface area contributed by atoms with Crippen LogP contribution in [0.2, 0.25) is 0 Å². The van der Waals surface area contributed by atoms with Crippen molar-refractivity contribution in [2.45, 2.75) is 33.6 Å².